The molecule has 0 aromatic heterocycles. The van der Waals surface area contributed by atoms with Crippen molar-refractivity contribution in [3.63, 3.8) is 0 Å². The van der Waals surface area contributed by atoms with Crippen LogP contribution in [-0.4, -0.2) is 18.1 Å². The van der Waals surface area contributed by atoms with Crippen LogP contribution in [0.15, 0.2) is 54.7 Å². The number of aromatic carboxylic acids is 1. The molecule has 0 saturated heterocycles. The minimum Gasteiger partial charge on any atom is -0.487 e. The Labute approximate surface area is 142 Å². The van der Waals surface area contributed by atoms with Gasteiger partial charge in [0.2, 0.25) is 0 Å². The molecule has 126 valence electrons. The Kier molecular flexibility index (Phi) is 6.01. The third-order valence-electron chi connectivity index (χ3n) is 3.71. The van der Waals surface area contributed by atoms with Gasteiger partial charge in [-0.2, -0.15) is 0 Å². The molecule has 0 spiro atoms. The molecule has 0 fully saturated rings. The maximum atomic E-state index is 10.9. The zero-order valence-corrected chi connectivity index (χ0v) is 14.2. The second kappa shape index (κ2) is 8.20. The predicted molar refractivity (Wildman–Crippen MR) is 95.8 cm³/mol. The minimum absolute atomic E-state index is 0.273. The zero-order chi connectivity index (χ0) is 17.5. The van der Waals surface area contributed by atoms with E-state index in [-0.39, 0.29) is 5.56 Å². The van der Waals surface area contributed by atoms with Gasteiger partial charge in [-0.05, 0) is 35.2 Å². The zero-order valence-electron chi connectivity index (χ0n) is 14.2. The number of rotatable bonds is 7. The van der Waals surface area contributed by atoms with E-state index >= 15 is 0 Å². The van der Waals surface area contributed by atoms with Crippen molar-refractivity contribution >= 4 is 11.7 Å². The highest BCUT2D eigenvalue weighted by Crippen LogP contribution is 2.22. The molecule has 4 nitrogen and oxygen atoms in total. The van der Waals surface area contributed by atoms with Crippen LogP contribution in [0.1, 0.15) is 46.8 Å². The third kappa shape index (κ3) is 4.62. The van der Waals surface area contributed by atoms with Gasteiger partial charge in [-0.1, -0.05) is 44.2 Å². The van der Waals surface area contributed by atoms with Crippen molar-refractivity contribution in [2.45, 2.75) is 26.4 Å². The summed E-state index contributed by atoms with van der Waals surface area (Å²) in [6, 6.07) is 15.0. The number of benzene rings is 2. The van der Waals surface area contributed by atoms with E-state index in [0.717, 1.165) is 16.9 Å². The van der Waals surface area contributed by atoms with Crippen LogP contribution in [0.2, 0.25) is 0 Å². The summed E-state index contributed by atoms with van der Waals surface area (Å²) in [5.41, 5.74) is 3.46. The molecule has 2 aromatic carbocycles. The first kappa shape index (κ1) is 17.6. The first-order chi connectivity index (χ1) is 11.5. The lowest BCUT2D eigenvalue weighted by Gasteiger charge is -2.13. The third-order valence-corrected chi connectivity index (χ3v) is 3.71. The number of hydrogen-bond acceptors (Lipinski definition) is 3. The molecular formula is C20H23NO3. The van der Waals surface area contributed by atoms with Gasteiger partial charge in [0.05, 0.1) is 5.56 Å². The number of nitrogens with one attached hydrogen (secondary N) is 1. The van der Waals surface area contributed by atoms with Crippen LogP contribution in [0.4, 0.5) is 0 Å². The molecule has 0 unspecified atom stereocenters. The molecule has 0 aliphatic carbocycles. The van der Waals surface area contributed by atoms with Crippen molar-refractivity contribution in [3.8, 4) is 0 Å². The number of ether oxygens (including phenoxy) is 1. The fraction of sp³-hybridized carbons (Fsp3) is 0.250. The molecule has 2 N–H and O–H groups in total. The topological polar surface area (TPSA) is 58.6 Å². The normalized spacial score (nSPS) is 11.4. The van der Waals surface area contributed by atoms with Gasteiger partial charge >= 0.3 is 5.97 Å². The Morgan fingerprint density at radius 1 is 1.17 bits per heavy atom. The molecule has 0 amide bonds. The number of carboxylic acids is 1. The van der Waals surface area contributed by atoms with E-state index in [9.17, 15) is 4.79 Å². The lowest BCUT2D eigenvalue weighted by Crippen LogP contribution is -2.02. The highest BCUT2D eigenvalue weighted by Gasteiger charge is 2.07. The summed E-state index contributed by atoms with van der Waals surface area (Å²) in [6.45, 7) is 4.69. The molecule has 0 aliphatic rings. The fourth-order valence-corrected chi connectivity index (χ4v) is 2.30. The summed E-state index contributed by atoms with van der Waals surface area (Å²) in [5.74, 6) is 0.274. The van der Waals surface area contributed by atoms with Crippen molar-refractivity contribution in [2.24, 2.45) is 0 Å². The van der Waals surface area contributed by atoms with Gasteiger partial charge in [0.25, 0.3) is 0 Å². The van der Waals surface area contributed by atoms with Crippen LogP contribution in [-0.2, 0) is 11.3 Å². The Hall–Kier alpha value is -2.75. The maximum absolute atomic E-state index is 10.9. The van der Waals surface area contributed by atoms with Gasteiger partial charge in [-0.15, -0.1) is 0 Å². The van der Waals surface area contributed by atoms with Gasteiger partial charge in [-0.3, -0.25) is 0 Å². The second-order valence-electron chi connectivity index (χ2n) is 5.87. The lowest BCUT2D eigenvalue weighted by atomic mass is 10.0. The number of carboxylic acid groups (broad SMARTS) is 1. The Balaban J connectivity index is 2.13. The van der Waals surface area contributed by atoms with Gasteiger partial charge in [0.15, 0.2) is 0 Å². The molecule has 0 aliphatic heterocycles. The van der Waals surface area contributed by atoms with Crippen LogP contribution in [0.5, 0.6) is 0 Å². The van der Waals surface area contributed by atoms with Crippen LogP contribution in [0, 0.1) is 0 Å². The van der Waals surface area contributed by atoms with E-state index in [2.05, 4.69) is 31.3 Å². The predicted octanol–water partition coefficient (Wildman–Crippen LogP) is 4.24. The Morgan fingerprint density at radius 3 is 2.46 bits per heavy atom. The van der Waals surface area contributed by atoms with E-state index in [1.165, 1.54) is 5.56 Å². The lowest BCUT2D eigenvalue weighted by molar-refractivity contribution is 0.0697. The summed E-state index contributed by atoms with van der Waals surface area (Å²) in [7, 11) is 1.83. The molecule has 24 heavy (non-hydrogen) atoms. The van der Waals surface area contributed by atoms with Crippen LogP contribution < -0.4 is 5.32 Å². The van der Waals surface area contributed by atoms with E-state index in [1.54, 1.807) is 24.3 Å². The smallest absolute Gasteiger partial charge is 0.335 e. The minimum atomic E-state index is -0.927. The number of hydrogen-bond donors (Lipinski definition) is 2. The fourth-order valence-electron chi connectivity index (χ4n) is 2.30. The molecule has 0 heterocycles. The van der Waals surface area contributed by atoms with Gasteiger partial charge < -0.3 is 15.2 Å². The van der Waals surface area contributed by atoms with E-state index in [0.29, 0.717) is 12.5 Å². The quantitative estimate of drug-likeness (QED) is 0.748. The van der Waals surface area contributed by atoms with Gasteiger partial charge in [-0.25, -0.2) is 4.79 Å². The van der Waals surface area contributed by atoms with E-state index < -0.39 is 5.97 Å². The average Bonchev–Trinajstić information content (AvgIpc) is 2.59. The standard InChI is InChI=1S/C20H23NO3/c1-14(2)17-5-4-6-18(11-17)19(12-21-3)24-13-15-7-9-16(10-8-15)20(22)23/h4-12,14,21H,13H2,1-3H3,(H,22,23)/b19-12-. The van der Waals surface area contributed by atoms with Crippen molar-refractivity contribution in [1.82, 2.24) is 5.32 Å². The van der Waals surface area contributed by atoms with Crippen molar-refractivity contribution in [2.75, 3.05) is 7.05 Å². The van der Waals surface area contributed by atoms with Crippen molar-refractivity contribution in [1.29, 1.82) is 0 Å². The van der Waals surface area contributed by atoms with Gasteiger partial charge in [0, 0.05) is 18.8 Å². The monoisotopic (exact) mass is 325 g/mol. The maximum Gasteiger partial charge on any atom is 0.335 e. The first-order valence-electron chi connectivity index (χ1n) is 7.94. The van der Waals surface area contributed by atoms with E-state index in [1.807, 2.05) is 25.4 Å². The van der Waals surface area contributed by atoms with Crippen molar-refractivity contribution < 1.29 is 14.6 Å². The van der Waals surface area contributed by atoms with Crippen LogP contribution in [0.3, 0.4) is 0 Å². The molecule has 2 rings (SSSR count). The average molecular weight is 325 g/mol. The highest BCUT2D eigenvalue weighted by molar-refractivity contribution is 5.87. The van der Waals surface area contributed by atoms with E-state index in [4.69, 9.17) is 9.84 Å². The van der Waals surface area contributed by atoms with Gasteiger partial charge in [0.1, 0.15) is 12.4 Å². The summed E-state index contributed by atoms with van der Waals surface area (Å²) in [5, 5.41) is 11.9. The summed E-state index contributed by atoms with van der Waals surface area (Å²) in [4.78, 5) is 10.9. The Morgan fingerprint density at radius 2 is 1.88 bits per heavy atom. The molecular weight excluding hydrogens is 302 g/mol. The second-order valence-corrected chi connectivity index (χ2v) is 5.87. The Bertz CT molecular complexity index is 718. The molecule has 2 aromatic rings. The molecule has 0 saturated carbocycles. The van der Waals surface area contributed by atoms with Crippen LogP contribution >= 0.6 is 0 Å². The SMILES string of the molecule is CN/C=C(\OCc1ccc(C(=O)O)cc1)c1cccc(C(C)C)c1. The first-order valence-corrected chi connectivity index (χ1v) is 7.94. The number of carbonyl (C=O) groups is 1. The molecule has 0 radical (unpaired) electrons. The summed E-state index contributed by atoms with van der Waals surface area (Å²) in [6.07, 6.45) is 1.82. The molecule has 0 atom stereocenters. The molecule has 4 heteroatoms. The highest BCUT2D eigenvalue weighted by atomic mass is 16.5. The molecule has 0 bridgehead atoms. The largest absolute Gasteiger partial charge is 0.487 e. The summed E-state index contributed by atoms with van der Waals surface area (Å²) >= 11 is 0. The van der Waals surface area contributed by atoms with Crippen LogP contribution in [0.25, 0.3) is 5.76 Å². The summed E-state index contributed by atoms with van der Waals surface area (Å²) < 4.78 is 5.94. The van der Waals surface area contributed by atoms with Crippen molar-refractivity contribution in [3.05, 3.63) is 77.0 Å².